The highest BCUT2D eigenvalue weighted by atomic mass is 19.3. The van der Waals surface area contributed by atoms with E-state index in [4.69, 9.17) is 10.00 Å². The molecule has 2 amide bonds. The smallest absolute Gasteiger partial charge is 0.248 e. The van der Waals surface area contributed by atoms with Crippen molar-refractivity contribution in [3.05, 3.63) is 65.0 Å². The van der Waals surface area contributed by atoms with Gasteiger partial charge in [-0.1, -0.05) is 12.1 Å². The number of hydrogen-bond donors (Lipinski definition) is 1. The van der Waals surface area contributed by atoms with Crippen molar-refractivity contribution in [3.8, 4) is 11.8 Å². The number of rotatable bonds is 8. The quantitative estimate of drug-likeness (QED) is 0.528. The Morgan fingerprint density at radius 3 is 2.40 bits per heavy atom. The molecule has 0 radical (unpaired) electrons. The lowest BCUT2D eigenvalue weighted by Gasteiger charge is -2.35. The second kappa shape index (κ2) is 11.5. The number of carbonyl (C=O) groups is 2. The summed E-state index contributed by atoms with van der Waals surface area (Å²) in [5.74, 6) is -3.06. The van der Waals surface area contributed by atoms with Gasteiger partial charge in [0, 0.05) is 57.0 Å². The molecule has 10 heteroatoms. The Kier molecular flexibility index (Phi) is 8.04. The van der Waals surface area contributed by atoms with Crippen molar-refractivity contribution in [2.75, 3.05) is 32.7 Å². The first-order valence-corrected chi connectivity index (χ1v) is 13.7. The number of ether oxygens (including phenoxy) is 1. The molecule has 40 heavy (non-hydrogen) atoms. The summed E-state index contributed by atoms with van der Waals surface area (Å²) in [6.07, 6.45) is 1.02. The van der Waals surface area contributed by atoms with Crippen LogP contribution in [-0.2, 0) is 22.7 Å². The van der Waals surface area contributed by atoms with Crippen LogP contribution in [0.15, 0.2) is 42.5 Å². The molecule has 212 valence electrons. The number of nitriles is 1. The Hall–Kier alpha value is -3.58. The molecule has 3 aliphatic rings. The van der Waals surface area contributed by atoms with Crippen LogP contribution >= 0.6 is 0 Å². The number of carbonyl (C=O) groups excluding carboxylic acids is 2. The summed E-state index contributed by atoms with van der Waals surface area (Å²) in [6.45, 7) is 2.78. The molecule has 1 spiro atoms. The second-order valence-corrected chi connectivity index (χ2v) is 11.2. The van der Waals surface area contributed by atoms with Gasteiger partial charge in [-0.05, 0) is 60.6 Å². The Balaban J connectivity index is 1.07. The molecule has 7 nitrogen and oxygen atoms in total. The summed E-state index contributed by atoms with van der Waals surface area (Å²) in [5.41, 5.74) is 1.86. The predicted molar refractivity (Wildman–Crippen MR) is 141 cm³/mol. The van der Waals surface area contributed by atoms with Crippen LogP contribution < -0.4 is 10.1 Å². The van der Waals surface area contributed by atoms with E-state index in [0.717, 1.165) is 5.56 Å². The van der Waals surface area contributed by atoms with Crippen LogP contribution in [0.25, 0.3) is 0 Å². The van der Waals surface area contributed by atoms with Gasteiger partial charge in [0.2, 0.25) is 17.7 Å². The van der Waals surface area contributed by atoms with Gasteiger partial charge in [-0.3, -0.25) is 14.5 Å². The number of alkyl halides is 2. The third-order valence-corrected chi connectivity index (χ3v) is 8.52. The van der Waals surface area contributed by atoms with E-state index in [-0.39, 0.29) is 55.0 Å². The van der Waals surface area contributed by atoms with E-state index in [2.05, 4.69) is 16.3 Å². The molecule has 2 saturated carbocycles. The lowest BCUT2D eigenvalue weighted by atomic mass is 9.82. The van der Waals surface area contributed by atoms with Crippen LogP contribution in [0.3, 0.4) is 0 Å². The Bertz CT molecular complexity index is 1280. The molecular weight excluding hydrogens is 521 g/mol. The number of nitrogens with zero attached hydrogens (tertiary/aromatic N) is 3. The van der Waals surface area contributed by atoms with Gasteiger partial charge in [-0.25, -0.2) is 13.2 Å². The van der Waals surface area contributed by atoms with E-state index in [9.17, 15) is 22.8 Å². The van der Waals surface area contributed by atoms with E-state index in [0.29, 0.717) is 68.9 Å². The number of hydrogen-bond acceptors (Lipinski definition) is 5. The predicted octanol–water partition coefficient (Wildman–Crippen LogP) is 4.25. The first-order valence-electron chi connectivity index (χ1n) is 13.7. The van der Waals surface area contributed by atoms with Gasteiger partial charge in [-0.15, -0.1) is 0 Å². The maximum absolute atomic E-state index is 14.1. The molecule has 2 aromatic carbocycles. The number of nitrogens with one attached hydrogen (secondary N) is 1. The van der Waals surface area contributed by atoms with Crippen LogP contribution in [0.2, 0.25) is 0 Å². The number of benzene rings is 2. The molecule has 2 aromatic rings. The molecule has 1 aliphatic heterocycles. The molecule has 1 N–H and O–H groups in total. The largest absolute Gasteiger partial charge is 0.489 e. The zero-order valence-electron chi connectivity index (χ0n) is 22.3. The zero-order valence-corrected chi connectivity index (χ0v) is 22.3. The molecular formula is C30H33F3N4O3. The van der Waals surface area contributed by atoms with Crippen molar-refractivity contribution >= 4 is 11.8 Å². The van der Waals surface area contributed by atoms with Crippen molar-refractivity contribution < 1.29 is 27.5 Å². The van der Waals surface area contributed by atoms with Gasteiger partial charge < -0.3 is 15.0 Å². The SMILES string of the molecule is N#Cc1ccc(COc2ccc(F)cc2CN2CCN(C(=O)CNC(=O)C3CC34CCC(F)(F)CC4)CC2)cc1. The van der Waals surface area contributed by atoms with Gasteiger partial charge in [0.25, 0.3) is 0 Å². The molecule has 1 saturated heterocycles. The van der Waals surface area contributed by atoms with Crippen molar-refractivity contribution in [1.29, 1.82) is 5.26 Å². The summed E-state index contributed by atoms with van der Waals surface area (Å²) < 4.78 is 47.0. The molecule has 0 aromatic heterocycles. The first kappa shape index (κ1) is 28.0. The van der Waals surface area contributed by atoms with Gasteiger partial charge in [0.1, 0.15) is 18.2 Å². The minimum absolute atomic E-state index is 0.0984. The van der Waals surface area contributed by atoms with Gasteiger partial charge in [-0.2, -0.15) is 5.26 Å². The molecule has 3 fully saturated rings. The third-order valence-electron chi connectivity index (χ3n) is 8.52. The Morgan fingerprint density at radius 2 is 1.73 bits per heavy atom. The average Bonchev–Trinajstić information content (AvgIpc) is 3.68. The minimum atomic E-state index is -2.62. The van der Waals surface area contributed by atoms with E-state index in [1.165, 1.54) is 12.1 Å². The number of piperazine rings is 1. The maximum Gasteiger partial charge on any atom is 0.248 e. The van der Waals surface area contributed by atoms with Gasteiger partial charge in [0.05, 0.1) is 18.2 Å². The van der Waals surface area contributed by atoms with Crippen molar-refractivity contribution in [2.45, 2.75) is 51.2 Å². The molecule has 2 aliphatic carbocycles. The van der Waals surface area contributed by atoms with E-state index in [1.807, 2.05) is 12.1 Å². The first-order chi connectivity index (χ1) is 19.2. The zero-order chi connectivity index (χ0) is 28.3. The highest BCUT2D eigenvalue weighted by Crippen LogP contribution is 2.63. The molecule has 1 heterocycles. The minimum Gasteiger partial charge on any atom is -0.489 e. The van der Waals surface area contributed by atoms with E-state index < -0.39 is 5.92 Å². The van der Waals surface area contributed by atoms with Crippen molar-refractivity contribution in [2.24, 2.45) is 11.3 Å². The summed E-state index contributed by atoms with van der Waals surface area (Å²) in [6, 6.07) is 13.6. The van der Waals surface area contributed by atoms with Crippen LogP contribution in [-0.4, -0.2) is 60.3 Å². The van der Waals surface area contributed by atoms with E-state index in [1.54, 1.807) is 23.1 Å². The third kappa shape index (κ3) is 6.58. The van der Waals surface area contributed by atoms with Crippen molar-refractivity contribution in [3.63, 3.8) is 0 Å². The van der Waals surface area contributed by atoms with Crippen molar-refractivity contribution in [1.82, 2.24) is 15.1 Å². The van der Waals surface area contributed by atoms with Gasteiger partial charge in [0.15, 0.2) is 0 Å². The lowest BCUT2D eigenvalue weighted by molar-refractivity contribution is -0.135. The van der Waals surface area contributed by atoms with E-state index >= 15 is 0 Å². The number of halogens is 3. The summed E-state index contributed by atoms with van der Waals surface area (Å²) in [7, 11) is 0. The summed E-state index contributed by atoms with van der Waals surface area (Å²) >= 11 is 0. The van der Waals surface area contributed by atoms with Crippen LogP contribution in [0, 0.1) is 28.5 Å². The van der Waals surface area contributed by atoms with Crippen LogP contribution in [0.5, 0.6) is 5.75 Å². The standard InChI is InChI=1S/C30H33F3N4O3/c31-24-5-6-26(40-20-22-3-1-21(17-34)2-4-22)23(15-24)19-36-11-13-37(14-12-36)27(38)18-35-28(39)25-16-29(25)7-9-30(32,33)10-8-29/h1-6,15,25H,7-14,16,18-20H2,(H,35,39). The maximum atomic E-state index is 14.1. The summed E-state index contributed by atoms with van der Waals surface area (Å²) in [4.78, 5) is 29.1. The van der Waals surface area contributed by atoms with Crippen LogP contribution in [0.4, 0.5) is 13.2 Å². The molecule has 1 atom stereocenters. The monoisotopic (exact) mass is 554 g/mol. The highest BCUT2D eigenvalue weighted by molar-refractivity contribution is 5.88. The Morgan fingerprint density at radius 1 is 1.02 bits per heavy atom. The van der Waals surface area contributed by atoms with Gasteiger partial charge >= 0.3 is 0 Å². The molecule has 1 unspecified atom stereocenters. The normalized spacial score (nSPS) is 21.4. The lowest BCUT2D eigenvalue weighted by Crippen LogP contribution is -2.51. The molecule has 0 bridgehead atoms. The highest BCUT2D eigenvalue weighted by Gasteiger charge is 2.60. The summed E-state index contributed by atoms with van der Waals surface area (Å²) in [5, 5.41) is 11.7. The fourth-order valence-electron chi connectivity index (χ4n) is 5.83. The topological polar surface area (TPSA) is 85.7 Å². The fourth-order valence-corrected chi connectivity index (χ4v) is 5.83. The fraction of sp³-hybridized carbons (Fsp3) is 0.500. The molecule has 5 rings (SSSR count). The average molecular weight is 555 g/mol. The second-order valence-electron chi connectivity index (χ2n) is 11.2. The Labute approximate surface area is 231 Å². The van der Waals surface area contributed by atoms with Crippen LogP contribution in [0.1, 0.15) is 48.8 Å². The number of amides is 2.